The Bertz CT molecular complexity index is 453. The normalized spacial score (nSPS) is 25.2. The highest BCUT2D eigenvalue weighted by atomic mass is 19.1. The van der Waals surface area contributed by atoms with Crippen molar-refractivity contribution in [1.29, 1.82) is 0 Å². The minimum atomic E-state index is -0.313. The quantitative estimate of drug-likeness (QED) is 0.923. The van der Waals surface area contributed by atoms with Crippen molar-refractivity contribution in [3.8, 4) is 0 Å². The van der Waals surface area contributed by atoms with Crippen LogP contribution in [0.1, 0.15) is 20.8 Å². The zero-order valence-corrected chi connectivity index (χ0v) is 12.1. The van der Waals surface area contributed by atoms with Crippen LogP contribution >= 0.6 is 0 Å². The third-order valence-electron chi connectivity index (χ3n) is 3.49. The number of morpholine rings is 1. The standard InChI is InChI=1S/C15H21FN2O2/c1-10-8-18(9-11(2)20-10)12(3)15(19)17-14-6-4-13(16)5-7-14/h4-7,10-12H,8-9H2,1-3H3,(H,17,19)/t10-,11-,12-/m0/s1. The highest BCUT2D eigenvalue weighted by Gasteiger charge is 2.29. The van der Waals surface area contributed by atoms with E-state index in [-0.39, 0.29) is 30.0 Å². The molecular weight excluding hydrogens is 259 g/mol. The molecule has 110 valence electrons. The van der Waals surface area contributed by atoms with Gasteiger partial charge in [0, 0.05) is 18.8 Å². The van der Waals surface area contributed by atoms with Crippen molar-refractivity contribution in [1.82, 2.24) is 4.90 Å². The molecule has 0 aliphatic carbocycles. The second kappa shape index (κ2) is 6.33. The third kappa shape index (κ3) is 3.77. The first-order valence-electron chi connectivity index (χ1n) is 6.91. The first-order valence-corrected chi connectivity index (χ1v) is 6.91. The topological polar surface area (TPSA) is 41.6 Å². The maximum absolute atomic E-state index is 12.8. The smallest absolute Gasteiger partial charge is 0.241 e. The molecule has 4 nitrogen and oxygen atoms in total. The molecular formula is C15H21FN2O2. The Hall–Kier alpha value is -1.46. The molecule has 1 fully saturated rings. The summed E-state index contributed by atoms with van der Waals surface area (Å²) in [5, 5.41) is 2.81. The van der Waals surface area contributed by atoms with E-state index in [1.807, 2.05) is 20.8 Å². The lowest BCUT2D eigenvalue weighted by Crippen LogP contribution is -2.52. The number of benzene rings is 1. The molecule has 3 atom stereocenters. The molecule has 1 aromatic carbocycles. The van der Waals surface area contributed by atoms with E-state index in [1.165, 1.54) is 12.1 Å². The van der Waals surface area contributed by atoms with Crippen molar-refractivity contribution in [3.05, 3.63) is 30.1 Å². The number of hydrogen-bond donors (Lipinski definition) is 1. The molecule has 5 heteroatoms. The summed E-state index contributed by atoms with van der Waals surface area (Å²) in [4.78, 5) is 14.3. The van der Waals surface area contributed by atoms with Crippen molar-refractivity contribution in [2.45, 2.75) is 39.0 Å². The molecule has 20 heavy (non-hydrogen) atoms. The summed E-state index contributed by atoms with van der Waals surface area (Å²) in [5.41, 5.74) is 0.609. The van der Waals surface area contributed by atoms with E-state index in [4.69, 9.17) is 4.74 Å². The van der Waals surface area contributed by atoms with Crippen LogP contribution in [0.15, 0.2) is 24.3 Å². The van der Waals surface area contributed by atoms with Crippen molar-refractivity contribution in [2.75, 3.05) is 18.4 Å². The monoisotopic (exact) mass is 280 g/mol. The largest absolute Gasteiger partial charge is 0.373 e. The van der Waals surface area contributed by atoms with Gasteiger partial charge in [-0.2, -0.15) is 0 Å². The van der Waals surface area contributed by atoms with E-state index < -0.39 is 0 Å². The first kappa shape index (κ1) is 14.9. The summed E-state index contributed by atoms with van der Waals surface area (Å²) in [6.45, 7) is 7.37. The molecule has 0 saturated carbocycles. The Morgan fingerprint density at radius 1 is 1.30 bits per heavy atom. The second-order valence-corrected chi connectivity index (χ2v) is 5.38. The van der Waals surface area contributed by atoms with Gasteiger partial charge in [0.2, 0.25) is 5.91 Å². The van der Waals surface area contributed by atoms with Gasteiger partial charge < -0.3 is 10.1 Å². The number of anilines is 1. The third-order valence-corrected chi connectivity index (χ3v) is 3.49. The Balaban J connectivity index is 1.96. The van der Waals surface area contributed by atoms with Gasteiger partial charge in [0.15, 0.2) is 0 Å². The molecule has 1 aliphatic rings. The number of hydrogen-bond acceptors (Lipinski definition) is 3. The van der Waals surface area contributed by atoms with Gasteiger partial charge in [-0.1, -0.05) is 0 Å². The van der Waals surface area contributed by atoms with Gasteiger partial charge in [-0.3, -0.25) is 9.69 Å². The van der Waals surface area contributed by atoms with E-state index in [0.717, 1.165) is 13.1 Å². The Morgan fingerprint density at radius 2 is 1.85 bits per heavy atom. The molecule has 1 N–H and O–H groups in total. The fourth-order valence-corrected chi connectivity index (χ4v) is 2.48. The van der Waals surface area contributed by atoms with Gasteiger partial charge in [0.05, 0.1) is 18.2 Å². The van der Waals surface area contributed by atoms with E-state index in [2.05, 4.69) is 10.2 Å². The number of halogens is 1. The van der Waals surface area contributed by atoms with Crippen LogP contribution < -0.4 is 5.32 Å². The minimum Gasteiger partial charge on any atom is -0.373 e. The molecule has 0 aromatic heterocycles. The van der Waals surface area contributed by atoms with E-state index in [9.17, 15) is 9.18 Å². The molecule has 0 bridgehead atoms. The van der Waals surface area contributed by atoms with Crippen LogP contribution in [0, 0.1) is 5.82 Å². The van der Waals surface area contributed by atoms with Gasteiger partial charge in [0.25, 0.3) is 0 Å². The SMILES string of the molecule is C[C@H]1CN([C@@H](C)C(=O)Nc2ccc(F)cc2)C[C@H](C)O1. The highest BCUT2D eigenvalue weighted by Crippen LogP contribution is 2.15. The lowest BCUT2D eigenvalue weighted by atomic mass is 10.1. The molecule has 1 saturated heterocycles. The Kier molecular flexibility index (Phi) is 4.73. The van der Waals surface area contributed by atoms with Crippen LogP contribution in [-0.2, 0) is 9.53 Å². The van der Waals surface area contributed by atoms with Crippen molar-refractivity contribution < 1.29 is 13.9 Å². The fraction of sp³-hybridized carbons (Fsp3) is 0.533. The number of nitrogens with one attached hydrogen (secondary N) is 1. The zero-order valence-electron chi connectivity index (χ0n) is 12.1. The van der Waals surface area contributed by atoms with Crippen LogP contribution in [0.4, 0.5) is 10.1 Å². The van der Waals surface area contributed by atoms with Crippen LogP contribution in [0.25, 0.3) is 0 Å². The molecule has 1 aliphatic heterocycles. The molecule has 0 unspecified atom stereocenters. The summed E-state index contributed by atoms with van der Waals surface area (Å²) in [6.07, 6.45) is 0.250. The predicted molar refractivity (Wildman–Crippen MR) is 76.1 cm³/mol. The number of carbonyl (C=O) groups is 1. The van der Waals surface area contributed by atoms with E-state index >= 15 is 0 Å². The van der Waals surface area contributed by atoms with Crippen molar-refractivity contribution in [2.24, 2.45) is 0 Å². The number of ether oxygens (including phenoxy) is 1. The van der Waals surface area contributed by atoms with Crippen molar-refractivity contribution >= 4 is 11.6 Å². The van der Waals surface area contributed by atoms with Crippen LogP contribution in [0.2, 0.25) is 0 Å². The second-order valence-electron chi connectivity index (χ2n) is 5.38. The summed E-state index contributed by atoms with van der Waals surface area (Å²) in [6, 6.07) is 5.54. The predicted octanol–water partition coefficient (Wildman–Crippen LogP) is 2.26. The summed E-state index contributed by atoms with van der Waals surface area (Å²) < 4.78 is 18.5. The average molecular weight is 280 g/mol. The molecule has 0 spiro atoms. The molecule has 1 heterocycles. The number of rotatable bonds is 3. The minimum absolute atomic E-state index is 0.0853. The molecule has 1 amide bonds. The van der Waals surface area contributed by atoms with Gasteiger partial charge in [0.1, 0.15) is 5.82 Å². The van der Waals surface area contributed by atoms with E-state index in [0.29, 0.717) is 5.69 Å². The van der Waals surface area contributed by atoms with Gasteiger partial charge in [-0.25, -0.2) is 4.39 Å². The molecule has 1 aromatic rings. The number of nitrogens with zero attached hydrogens (tertiary/aromatic N) is 1. The van der Waals surface area contributed by atoms with Crippen LogP contribution in [-0.4, -0.2) is 42.1 Å². The summed E-state index contributed by atoms with van der Waals surface area (Å²) >= 11 is 0. The first-order chi connectivity index (χ1) is 9.45. The van der Waals surface area contributed by atoms with Gasteiger partial charge >= 0.3 is 0 Å². The maximum Gasteiger partial charge on any atom is 0.241 e. The summed E-state index contributed by atoms with van der Waals surface area (Å²) in [7, 11) is 0. The lowest BCUT2D eigenvalue weighted by Gasteiger charge is -2.38. The highest BCUT2D eigenvalue weighted by molar-refractivity contribution is 5.94. The summed E-state index contributed by atoms with van der Waals surface area (Å²) in [5.74, 6) is -0.398. The average Bonchev–Trinajstić information content (AvgIpc) is 2.39. The zero-order chi connectivity index (χ0) is 14.7. The van der Waals surface area contributed by atoms with Gasteiger partial charge in [-0.15, -0.1) is 0 Å². The molecule has 0 radical (unpaired) electrons. The van der Waals surface area contributed by atoms with Crippen LogP contribution in [0.5, 0.6) is 0 Å². The fourth-order valence-electron chi connectivity index (χ4n) is 2.48. The van der Waals surface area contributed by atoms with Crippen LogP contribution in [0.3, 0.4) is 0 Å². The Labute approximate surface area is 118 Å². The number of carbonyl (C=O) groups excluding carboxylic acids is 1. The van der Waals surface area contributed by atoms with E-state index in [1.54, 1.807) is 12.1 Å². The van der Waals surface area contributed by atoms with Crippen molar-refractivity contribution in [3.63, 3.8) is 0 Å². The maximum atomic E-state index is 12.8. The molecule has 2 rings (SSSR count). The Morgan fingerprint density at radius 3 is 2.40 bits per heavy atom. The van der Waals surface area contributed by atoms with Gasteiger partial charge in [-0.05, 0) is 45.0 Å². The lowest BCUT2D eigenvalue weighted by molar-refractivity contribution is -0.126. The number of amides is 1.